The maximum absolute atomic E-state index is 13.3. The molecule has 2 aromatic heterocycles. The Morgan fingerprint density at radius 3 is 2.73 bits per heavy atom. The van der Waals surface area contributed by atoms with E-state index < -0.39 is 0 Å². The number of pyridine rings is 1. The van der Waals surface area contributed by atoms with Crippen LogP contribution >= 0.6 is 0 Å². The average molecular weight is 350 g/mol. The molecule has 134 valence electrons. The monoisotopic (exact) mass is 350 g/mol. The van der Waals surface area contributed by atoms with Gasteiger partial charge in [-0.15, -0.1) is 0 Å². The van der Waals surface area contributed by atoms with E-state index in [4.69, 9.17) is 0 Å². The highest BCUT2D eigenvalue weighted by Gasteiger charge is 2.35. The Labute approximate surface area is 153 Å². The van der Waals surface area contributed by atoms with Gasteiger partial charge in [-0.3, -0.25) is 4.98 Å². The van der Waals surface area contributed by atoms with Crippen molar-refractivity contribution in [2.75, 3.05) is 0 Å². The van der Waals surface area contributed by atoms with E-state index in [1.54, 1.807) is 18.3 Å². The van der Waals surface area contributed by atoms with Gasteiger partial charge >= 0.3 is 0 Å². The van der Waals surface area contributed by atoms with E-state index in [0.717, 1.165) is 25.1 Å². The van der Waals surface area contributed by atoms with E-state index in [9.17, 15) is 4.39 Å². The Morgan fingerprint density at radius 2 is 2.00 bits per heavy atom. The molecule has 1 aliphatic rings. The van der Waals surface area contributed by atoms with Crippen LogP contribution in [0.5, 0.6) is 0 Å². The number of rotatable bonds is 4. The number of nitrogens with zero attached hydrogens (tertiary/aromatic N) is 3. The average Bonchev–Trinajstić information content (AvgIpc) is 3.04. The van der Waals surface area contributed by atoms with E-state index in [1.807, 2.05) is 23.1 Å². The second-order valence-electron chi connectivity index (χ2n) is 7.77. The number of benzene rings is 1. The molecule has 0 saturated heterocycles. The lowest BCUT2D eigenvalue weighted by atomic mass is 9.74. The predicted molar refractivity (Wildman–Crippen MR) is 99.4 cm³/mol. The first-order valence-electron chi connectivity index (χ1n) is 8.97. The molecule has 0 saturated carbocycles. The third kappa shape index (κ3) is 3.40. The maximum atomic E-state index is 13.3. The smallest absolute Gasteiger partial charge is 0.123 e. The standard InChI is InChI=1S/C21H23FN4/c1-21(2)10-19(24-13-15-4-3-9-23-12-15)18-14-25-26(20(18)11-21)17-7-5-16(22)6-8-17/h3-9,12,14,19,24H,10-11,13H2,1-2H3/t19-/m0/s1. The maximum Gasteiger partial charge on any atom is 0.123 e. The molecule has 1 aliphatic carbocycles. The van der Waals surface area contributed by atoms with Crippen molar-refractivity contribution >= 4 is 0 Å². The fourth-order valence-electron chi connectivity index (χ4n) is 3.77. The second kappa shape index (κ2) is 6.65. The number of halogens is 1. The molecular weight excluding hydrogens is 327 g/mol. The van der Waals surface area contributed by atoms with Crippen LogP contribution in [0.1, 0.15) is 43.1 Å². The van der Waals surface area contributed by atoms with Crippen molar-refractivity contribution in [2.45, 2.75) is 39.3 Å². The van der Waals surface area contributed by atoms with Gasteiger partial charge in [0.05, 0.1) is 11.9 Å². The lowest BCUT2D eigenvalue weighted by molar-refractivity contribution is 0.252. The highest BCUT2D eigenvalue weighted by Crippen LogP contribution is 2.41. The fourth-order valence-corrected chi connectivity index (χ4v) is 3.77. The van der Waals surface area contributed by atoms with Gasteiger partial charge in [-0.05, 0) is 54.2 Å². The van der Waals surface area contributed by atoms with Gasteiger partial charge in [-0.1, -0.05) is 19.9 Å². The van der Waals surface area contributed by atoms with Crippen molar-refractivity contribution in [3.8, 4) is 5.69 Å². The van der Waals surface area contributed by atoms with Crippen molar-refractivity contribution in [3.63, 3.8) is 0 Å². The Kier molecular flexibility index (Phi) is 4.32. The van der Waals surface area contributed by atoms with Crippen LogP contribution in [-0.4, -0.2) is 14.8 Å². The van der Waals surface area contributed by atoms with E-state index in [0.29, 0.717) is 0 Å². The molecule has 0 radical (unpaired) electrons. The highest BCUT2D eigenvalue weighted by atomic mass is 19.1. The van der Waals surface area contributed by atoms with Crippen LogP contribution in [-0.2, 0) is 13.0 Å². The summed E-state index contributed by atoms with van der Waals surface area (Å²) in [6.45, 7) is 5.35. The number of hydrogen-bond acceptors (Lipinski definition) is 3. The Hall–Kier alpha value is -2.53. The zero-order valence-electron chi connectivity index (χ0n) is 15.1. The summed E-state index contributed by atoms with van der Waals surface area (Å²) in [5.41, 5.74) is 4.67. The SMILES string of the molecule is CC1(C)Cc2c(cnn2-c2ccc(F)cc2)[C@@H](NCc2cccnc2)C1. The minimum absolute atomic E-state index is 0.164. The molecule has 1 N–H and O–H groups in total. The molecule has 4 rings (SSSR count). The molecule has 5 heteroatoms. The number of nitrogens with one attached hydrogen (secondary N) is 1. The van der Waals surface area contributed by atoms with E-state index in [1.165, 1.54) is 29.0 Å². The van der Waals surface area contributed by atoms with Crippen LogP contribution in [0.15, 0.2) is 55.0 Å². The van der Waals surface area contributed by atoms with E-state index >= 15 is 0 Å². The summed E-state index contributed by atoms with van der Waals surface area (Å²) in [4.78, 5) is 4.19. The van der Waals surface area contributed by atoms with Crippen molar-refractivity contribution in [2.24, 2.45) is 5.41 Å². The molecule has 0 unspecified atom stereocenters. The van der Waals surface area contributed by atoms with Crippen LogP contribution in [0.2, 0.25) is 0 Å². The van der Waals surface area contributed by atoms with Crippen molar-refractivity contribution in [1.29, 1.82) is 0 Å². The topological polar surface area (TPSA) is 42.7 Å². The van der Waals surface area contributed by atoms with Gasteiger partial charge in [0.1, 0.15) is 5.82 Å². The Morgan fingerprint density at radius 1 is 1.19 bits per heavy atom. The van der Waals surface area contributed by atoms with Crippen molar-refractivity contribution < 1.29 is 4.39 Å². The van der Waals surface area contributed by atoms with Gasteiger partial charge in [-0.2, -0.15) is 5.10 Å². The molecule has 0 bridgehead atoms. The number of hydrogen-bond donors (Lipinski definition) is 1. The molecule has 4 nitrogen and oxygen atoms in total. The van der Waals surface area contributed by atoms with Crippen LogP contribution in [0.3, 0.4) is 0 Å². The van der Waals surface area contributed by atoms with Crippen LogP contribution in [0.25, 0.3) is 5.69 Å². The summed E-state index contributed by atoms with van der Waals surface area (Å²) in [6, 6.07) is 10.8. The molecule has 0 spiro atoms. The van der Waals surface area contributed by atoms with Crippen molar-refractivity contribution in [1.82, 2.24) is 20.1 Å². The van der Waals surface area contributed by atoms with Crippen molar-refractivity contribution in [3.05, 3.63) is 77.6 Å². The molecule has 0 amide bonds. The van der Waals surface area contributed by atoms with Gasteiger partial charge in [0, 0.05) is 36.2 Å². The predicted octanol–water partition coefficient (Wildman–Crippen LogP) is 4.21. The van der Waals surface area contributed by atoms with Gasteiger partial charge in [0.25, 0.3) is 0 Å². The molecular formula is C21H23FN4. The molecule has 0 fully saturated rings. The van der Waals surface area contributed by atoms with Gasteiger partial charge in [0.2, 0.25) is 0 Å². The van der Waals surface area contributed by atoms with E-state index in [-0.39, 0.29) is 17.3 Å². The first-order chi connectivity index (χ1) is 12.5. The molecule has 3 aromatic rings. The number of fused-ring (bicyclic) bond motifs is 1. The molecule has 26 heavy (non-hydrogen) atoms. The minimum Gasteiger partial charge on any atom is -0.306 e. The first-order valence-corrected chi connectivity index (χ1v) is 8.97. The molecule has 1 aromatic carbocycles. The lowest BCUT2D eigenvalue weighted by Gasteiger charge is -2.36. The largest absolute Gasteiger partial charge is 0.306 e. The summed E-state index contributed by atoms with van der Waals surface area (Å²) >= 11 is 0. The van der Waals surface area contributed by atoms with Gasteiger partial charge in [-0.25, -0.2) is 9.07 Å². The fraction of sp³-hybridized carbons (Fsp3) is 0.333. The summed E-state index contributed by atoms with van der Waals surface area (Å²) < 4.78 is 15.2. The third-order valence-corrected chi connectivity index (χ3v) is 5.03. The summed E-state index contributed by atoms with van der Waals surface area (Å²) in [5, 5.41) is 8.28. The van der Waals surface area contributed by atoms with Gasteiger partial charge in [0.15, 0.2) is 0 Å². The van der Waals surface area contributed by atoms with Gasteiger partial charge < -0.3 is 5.32 Å². The second-order valence-corrected chi connectivity index (χ2v) is 7.77. The molecule has 0 aliphatic heterocycles. The summed E-state index contributed by atoms with van der Waals surface area (Å²) in [6.07, 6.45) is 7.64. The normalized spacial score (nSPS) is 18.5. The molecule has 2 heterocycles. The lowest BCUT2D eigenvalue weighted by Crippen LogP contribution is -2.33. The molecule has 1 atom stereocenters. The van der Waals surface area contributed by atoms with Crippen LogP contribution < -0.4 is 5.32 Å². The van der Waals surface area contributed by atoms with E-state index in [2.05, 4.69) is 35.3 Å². The summed E-state index contributed by atoms with van der Waals surface area (Å²) in [7, 11) is 0. The third-order valence-electron chi connectivity index (χ3n) is 5.03. The highest BCUT2D eigenvalue weighted by molar-refractivity contribution is 5.38. The Bertz CT molecular complexity index is 884. The van der Waals surface area contributed by atoms with Crippen LogP contribution in [0.4, 0.5) is 4.39 Å². The van der Waals surface area contributed by atoms with Crippen LogP contribution in [0, 0.1) is 11.2 Å². The zero-order chi connectivity index (χ0) is 18.1. The summed E-state index contributed by atoms with van der Waals surface area (Å²) in [5.74, 6) is -0.230. The first kappa shape index (κ1) is 16.9. The Balaban J connectivity index is 1.64. The zero-order valence-corrected chi connectivity index (χ0v) is 15.1. The quantitative estimate of drug-likeness (QED) is 0.766. The minimum atomic E-state index is -0.230. The number of aromatic nitrogens is 3.